The molecule has 0 bridgehead atoms. The van der Waals surface area contributed by atoms with Crippen LogP contribution in [0.4, 0.5) is 0 Å². The van der Waals surface area contributed by atoms with Gasteiger partial charge in [-0.15, -0.1) is 0 Å². The van der Waals surface area contributed by atoms with Gasteiger partial charge in [0.05, 0.1) is 0 Å². The van der Waals surface area contributed by atoms with Crippen molar-refractivity contribution in [1.29, 1.82) is 5.26 Å². The van der Waals surface area contributed by atoms with Crippen molar-refractivity contribution < 1.29 is 0 Å². The lowest BCUT2D eigenvalue weighted by molar-refractivity contribution is 0.369. The third kappa shape index (κ3) is 2.31. The molecule has 0 aromatic heterocycles. The highest BCUT2D eigenvalue weighted by atomic mass is 35.5. The number of nitriles is 1. The van der Waals surface area contributed by atoms with Crippen LogP contribution in [0.5, 0.6) is 0 Å². The molecule has 3 aliphatic heterocycles. The quantitative estimate of drug-likeness (QED) is 0.590. The van der Waals surface area contributed by atoms with Gasteiger partial charge in [0.25, 0.3) is 6.71 Å². The predicted octanol–water partition coefficient (Wildman–Crippen LogP) is 2.54. The average Bonchev–Trinajstić information content (AvgIpc) is 2.81. The summed E-state index contributed by atoms with van der Waals surface area (Å²) in [7, 11) is 0. The standard InChI is InChI=1S/C13H16BClN4/c1-9-7-17-19-12(15)5-11(18-13(9)19)10-3-2-4-14(6-10)8-16/h5,10,17H,2-4,6-7H2,1H3. The number of aliphatic imine (C=N–C) groups is 1. The zero-order chi connectivity index (χ0) is 13.4. The molecule has 3 heterocycles. The van der Waals surface area contributed by atoms with Crippen LogP contribution in [0.1, 0.15) is 19.8 Å². The first-order chi connectivity index (χ1) is 9.19. The smallest absolute Gasteiger partial charge is 0.248 e. The molecule has 1 saturated heterocycles. The summed E-state index contributed by atoms with van der Waals surface area (Å²) in [6.07, 6.45) is 6.09. The highest BCUT2D eigenvalue weighted by Crippen LogP contribution is 2.33. The van der Waals surface area contributed by atoms with E-state index in [0.29, 0.717) is 11.1 Å². The molecule has 0 amide bonds. The first-order valence-electron chi connectivity index (χ1n) is 6.78. The monoisotopic (exact) mass is 274 g/mol. The minimum Gasteiger partial charge on any atom is -0.248 e. The van der Waals surface area contributed by atoms with Crippen molar-refractivity contribution in [3.63, 3.8) is 0 Å². The number of nitrogens with one attached hydrogen (secondary N) is 1. The first-order valence-corrected chi connectivity index (χ1v) is 7.15. The molecule has 0 saturated carbocycles. The molecule has 4 nitrogen and oxygen atoms in total. The maximum absolute atomic E-state index is 9.09. The molecule has 1 N–H and O–H groups in total. The summed E-state index contributed by atoms with van der Waals surface area (Å²) in [5.41, 5.74) is 5.45. The van der Waals surface area contributed by atoms with Gasteiger partial charge >= 0.3 is 0 Å². The molecule has 1 atom stereocenters. The topological polar surface area (TPSA) is 51.4 Å². The summed E-state index contributed by atoms with van der Waals surface area (Å²) in [6.45, 7) is 3.03. The molecular formula is C13H16BClN4. The molecule has 0 spiro atoms. The summed E-state index contributed by atoms with van der Waals surface area (Å²) in [5, 5.41) is 11.6. The van der Waals surface area contributed by atoms with Gasteiger partial charge < -0.3 is 0 Å². The Labute approximate surface area is 118 Å². The average molecular weight is 275 g/mol. The zero-order valence-corrected chi connectivity index (χ0v) is 11.7. The number of hydrazine groups is 1. The van der Waals surface area contributed by atoms with Crippen molar-refractivity contribution in [2.24, 2.45) is 10.9 Å². The summed E-state index contributed by atoms with van der Waals surface area (Å²) >= 11 is 6.31. The first kappa shape index (κ1) is 12.8. The van der Waals surface area contributed by atoms with E-state index in [9.17, 15) is 0 Å². The molecule has 1 unspecified atom stereocenters. The van der Waals surface area contributed by atoms with Crippen LogP contribution in [0, 0.1) is 17.1 Å². The third-order valence-corrected chi connectivity index (χ3v) is 4.36. The van der Waals surface area contributed by atoms with Crippen LogP contribution >= 0.6 is 11.6 Å². The van der Waals surface area contributed by atoms with Crippen LogP contribution in [-0.2, 0) is 0 Å². The Bertz CT molecular complexity index is 531. The summed E-state index contributed by atoms with van der Waals surface area (Å²) in [5.74, 6) is 3.70. The summed E-state index contributed by atoms with van der Waals surface area (Å²) in [6, 6.07) is 0. The molecule has 0 aromatic rings. The minimum atomic E-state index is 0.170. The van der Waals surface area contributed by atoms with Crippen LogP contribution in [0.25, 0.3) is 0 Å². The fourth-order valence-corrected chi connectivity index (χ4v) is 3.24. The van der Waals surface area contributed by atoms with Gasteiger partial charge in [-0.05, 0) is 30.9 Å². The van der Waals surface area contributed by atoms with Crippen LogP contribution in [0.15, 0.2) is 27.6 Å². The van der Waals surface area contributed by atoms with E-state index in [1.807, 2.05) is 11.1 Å². The number of nitrogens with zero attached hydrogens (tertiary/aromatic N) is 3. The largest absolute Gasteiger partial charge is 0.268 e. The van der Waals surface area contributed by atoms with Gasteiger partial charge in [-0.2, -0.15) is 0 Å². The SMILES string of the molecule is CC1=C2N=C(C3CCCB(C#N)C3)C=C(Cl)N2NC1. The molecule has 6 heteroatoms. The van der Waals surface area contributed by atoms with Crippen molar-refractivity contribution in [3.05, 3.63) is 22.6 Å². The number of halogens is 1. The molecule has 1 fully saturated rings. The second-order valence-corrected chi connectivity index (χ2v) is 5.85. The summed E-state index contributed by atoms with van der Waals surface area (Å²) < 4.78 is 0. The molecule has 3 aliphatic rings. The lowest BCUT2D eigenvalue weighted by Crippen LogP contribution is -2.34. The highest BCUT2D eigenvalue weighted by molar-refractivity contribution is 6.67. The van der Waals surface area contributed by atoms with Gasteiger partial charge in [-0.1, -0.05) is 30.7 Å². The van der Waals surface area contributed by atoms with E-state index in [1.165, 1.54) is 5.57 Å². The van der Waals surface area contributed by atoms with Crippen molar-refractivity contribution in [2.45, 2.75) is 32.4 Å². The fourth-order valence-electron chi connectivity index (χ4n) is 2.99. The normalized spacial score (nSPS) is 26.9. The van der Waals surface area contributed by atoms with Gasteiger partial charge in [0.1, 0.15) is 11.0 Å². The van der Waals surface area contributed by atoms with Crippen molar-refractivity contribution in [2.75, 3.05) is 6.54 Å². The Morgan fingerprint density at radius 2 is 2.47 bits per heavy atom. The molecule has 0 radical (unpaired) electrons. The van der Waals surface area contributed by atoms with Crippen LogP contribution < -0.4 is 5.43 Å². The van der Waals surface area contributed by atoms with E-state index in [1.54, 1.807) is 0 Å². The number of rotatable bonds is 1. The molecule has 0 aliphatic carbocycles. The maximum atomic E-state index is 9.09. The Kier molecular flexibility index (Phi) is 3.38. The van der Waals surface area contributed by atoms with E-state index < -0.39 is 0 Å². The fraction of sp³-hybridized carbons (Fsp3) is 0.538. The van der Waals surface area contributed by atoms with Crippen molar-refractivity contribution in [1.82, 2.24) is 10.4 Å². The minimum absolute atomic E-state index is 0.170. The molecule has 19 heavy (non-hydrogen) atoms. The lowest BCUT2D eigenvalue weighted by Gasteiger charge is -2.29. The number of hydrogen-bond acceptors (Lipinski definition) is 4. The highest BCUT2D eigenvalue weighted by Gasteiger charge is 2.32. The Balaban J connectivity index is 1.87. The van der Waals surface area contributed by atoms with Crippen molar-refractivity contribution in [3.8, 4) is 5.97 Å². The maximum Gasteiger partial charge on any atom is 0.268 e. The molecule has 98 valence electrons. The van der Waals surface area contributed by atoms with E-state index in [-0.39, 0.29) is 6.71 Å². The van der Waals surface area contributed by atoms with E-state index >= 15 is 0 Å². The number of hydrogen-bond donors (Lipinski definition) is 1. The molecule has 0 aromatic carbocycles. The predicted molar refractivity (Wildman–Crippen MR) is 77.6 cm³/mol. The Morgan fingerprint density at radius 3 is 3.26 bits per heavy atom. The molecular weight excluding hydrogens is 258 g/mol. The summed E-state index contributed by atoms with van der Waals surface area (Å²) in [4.78, 5) is 4.76. The number of allylic oxidation sites excluding steroid dienone is 1. The van der Waals surface area contributed by atoms with Gasteiger partial charge in [0, 0.05) is 18.2 Å². The van der Waals surface area contributed by atoms with E-state index in [2.05, 4.69) is 18.3 Å². The third-order valence-electron chi connectivity index (χ3n) is 4.09. The second kappa shape index (κ2) is 5.03. The van der Waals surface area contributed by atoms with Gasteiger partial charge in [0.2, 0.25) is 0 Å². The zero-order valence-electron chi connectivity index (χ0n) is 11.0. The van der Waals surface area contributed by atoms with Gasteiger partial charge in [0.15, 0.2) is 0 Å². The van der Waals surface area contributed by atoms with Crippen LogP contribution in [-0.4, -0.2) is 24.0 Å². The van der Waals surface area contributed by atoms with Crippen molar-refractivity contribution >= 4 is 24.0 Å². The van der Waals surface area contributed by atoms with Gasteiger partial charge in [-0.25, -0.2) is 20.7 Å². The van der Waals surface area contributed by atoms with Crippen LogP contribution in [0.2, 0.25) is 12.6 Å². The Hall–Kier alpha value is -1.25. The van der Waals surface area contributed by atoms with Crippen LogP contribution in [0.3, 0.4) is 0 Å². The van der Waals surface area contributed by atoms with E-state index in [4.69, 9.17) is 21.9 Å². The molecule has 3 rings (SSSR count). The Morgan fingerprint density at radius 1 is 1.63 bits per heavy atom. The second-order valence-electron chi connectivity index (χ2n) is 5.47. The number of fused-ring (bicyclic) bond motifs is 1. The van der Waals surface area contributed by atoms with Gasteiger partial charge in [-0.3, -0.25) is 0 Å². The lowest BCUT2D eigenvalue weighted by atomic mass is 9.40. The van der Waals surface area contributed by atoms with E-state index in [0.717, 1.165) is 43.6 Å².